The number of rotatable bonds is 3. The van der Waals surface area contributed by atoms with E-state index < -0.39 is 0 Å². The van der Waals surface area contributed by atoms with Crippen LogP contribution >= 0.6 is 15.9 Å². The van der Waals surface area contributed by atoms with Gasteiger partial charge in [-0.2, -0.15) is 0 Å². The van der Waals surface area contributed by atoms with E-state index in [4.69, 9.17) is 4.74 Å². The molecule has 0 aliphatic carbocycles. The Morgan fingerprint density at radius 3 is 2.60 bits per heavy atom. The smallest absolute Gasteiger partial charge is 0.206 e. The van der Waals surface area contributed by atoms with Crippen molar-refractivity contribution in [2.45, 2.75) is 26.4 Å². The van der Waals surface area contributed by atoms with E-state index >= 15 is 0 Å². The Morgan fingerprint density at radius 1 is 1.47 bits per heavy atom. The fourth-order valence-corrected chi connectivity index (χ4v) is 1.13. The lowest BCUT2D eigenvalue weighted by molar-refractivity contribution is 0.00286. The van der Waals surface area contributed by atoms with Gasteiger partial charge in [-0.05, 0) is 48.8 Å². The predicted octanol–water partition coefficient (Wildman–Crippen LogP) is 2.84. The minimum absolute atomic E-state index is 0.0676. The Labute approximate surface area is 98.0 Å². The molecular formula is C11H14BrNO2. The maximum absolute atomic E-state index is 11.6. The van der Waals surface area contributed by atoms with Crippen molar-refractivity contribution in [3.8, 4) is 0 Å². The maximum atomic E-state index is 11.6. The summed E-state index contributed by atoms with van der Waals surface area (Å²) in [6.45, 7) is 5.80. The SMILES string of the molecule is CC(C)(C)OCC(=O)c1ccc(Br)cn1. The molecule has 0 spiro atoms. The van der Waals surface area contributed by atoms with Crippen molar-refractivity contribution < 1.29 is 9.53 Å². The molecule has 1 heterocycles. The zero-order valence-electron chi connectivity index (χ0n) is 9.08. The molecule has 0 aliphatic heterocycles. The first-order valence-corrected chi connectivity index (χ1v) is 5.46. The lowest BCUT2D eigenvalue weighted by atomic mass is 10.2. The van der Waals surface area contributed by atoms with Gasteiger partial charge >= 0.3 is 0 Å². The summed E-state index contributed by atoms with van der Waals surface area (Å²) in [5.41, 5.74) is 0.132. The number of nitrogens with zero attached hydrogens (tertiary/aromatic N) is 1. The van der Waals surface area contributed by atoms with Gasteiger partial charge in [-0.25, -0.2) is 0 Å². The number of ketones is 1. The number of aromatic nitrogens is 1. The highest BCUT2D eigenvalue weighted by atomic mass is 79.9. The Balaban J connectivity index is 2.58. The molecule has 0 saturated heterocycles. The molecule has 0 saturated carbocycles. The Morgan fingerprint density at radius 2 is 2.13 bits per heavy atom. The van der Waals surface area contributed by atoms with Crippen LogP contribution in [-0.4, -0.2) is 23.0 Å². The van der Waals surface area contributed by atoms with E-state index in [-0.39, 0.29) is 18.0 Å². The number of carbonyl (C=O) groups is 1. The van der Waals surface area contributed by atoms with E-state index in [1.807, 2.05) is 20.8 Å². The van der Waals surface area contributed by atoms with E-state index in [1.54, 1.807) is 18.3 Å². The average Bonchev–Trinajstić information content (AvgIpc) is 2.14. The van der Waals surface area contributed by atoms with Gasteiger partial charge in [-0.3, -0.25) is 9.78 Å². The van der Waals surface area contributed by atoms with Crippen LogP contribution in [0.1, 0.15) is 31.3 Å². The van der Waals surface area contributed by atoms with E-state index in [9.17, 15) is 4.79 Å². The van der Waals surface area contributed by atoms with Crippen LogP contribution in [0.15, 0.2) is 22.8 Å². The number of halogens is 1. The molecular weight excluding hydrogens is 258 g/mol. The molecule has 4 heteroatoms. The van der Waals surface area contributed by atoms with Gasteiger partial charge in [0.1, 0.15) is 12.3 Å². The lowest BCUT2D eigenvalue weighted by Crippen LogP contribution is -2.24. The highest BCUT2D eigenvalue weighted by molar-refractivity contribution is 9.10. The minimum Gasteiger partial charge on any atom is -0.368 e. The fourth-order valence-electron chi connectivity index (χ4n) is 0.897. The molecule has 1 aromatic rings. The van der Waals surface area contributed by atoms with Crippen molar-refractivity contribution in [1.82, 2.24) is 4.98 Å². The summed E-state index contributed by atoms with van der Waals surface area (Å²) in [4.78, 5) is 15.6. The van der Waals surface area contributed by atoms with Crippen LogP contribution in [0.5, 0.6) is 0 Å². The second-order valence-electron chi connectivity index (χ2n) is 4.19. The molecule has 1 aromatic heterocycles. The normalized spacial score (nSPS) is 11.5. The van der Waals surface area contributed by atoms with Crippen molar-refractivity contribution in [1.29, 1.82) is 0 Å². The topological polar surface area (TPSA) is 39.2 Å². The Kier molecular flexibility index (Phi) is 3.99. The first-order chi connectivity index (χ1) is 6.88. The summed E-state index contributed by atoms with van der Waals surface area (Å²) in [5, 5.41) is 0. The first kappa shape index (κ1) is 12.3. The fraction of sp³-hybridized carbons (Fsp3) is 0.455. The maximum Gasteiger partial charge on any atom is 0.206 e. The van der Waals surface area contributed by atoms with Crippen molar-refractivity contribution in [2.24, 2.45) is 0 Å². The quantitative estimate of drug-likeness (QED) is 0.794. The largest absolute Gasteiger partial charge is 0.368 e. The number of Topliss-reactive ketones (excluding diaryl/α,β-unsaturated/α-hetero) is 1. The molecule has 0 aromatic carbocycles. The standard InChI is InChI=1S/C11H14BrNO2/c1-11(2,3)15-7-10(14)9-5-4-8(12)6-13-9/h4-6H,7H2,1-3H3. The average molecular weight is 272 g/mol. The molecule has 0 fully saturated rings. The molecule has 1 rings (SSSR count). The highest BCUT2D eigenvalue weighted by Gasteiger charge is 2.14. The zero-order valence-corrected chi connectivity index (χ0v) is 10.7. The monoisotopic (exact) mass is 271 g/mol. The first-order valence-electron chi connectivity index (χ1n) is 4.67. The number of pyridine rings is 1. The van der Waals surface area contributed by atoms with Crippen LogP contribution in [0, 0.1) is 0 Å². The number of carbonyl (C=O) groups excluding carboxylic acids is 1. The third kappa shape index (κ3) is 4.53. The lowest BCUT2D eigenvalue weighted by Gasteiger charge is -2.18. The van der Waals surface area contributed by atoms with Crippen molar-refractivity contribution in [3.05, 3.63) is 28.5 Å². The van der Waals surface area contributed by atoms with Crippen LogP contribution in [0.3, 0.4) is 0 Å². The Hall–Kier alpha value is -0.740. The number of hydrogen-bond acceptors (Lipinski definition) is 3. The van der Waals surface area contributed by atoms with Gasteiger partial charge < -0.3 is 4.74 Å². The number of hydrogen-bond donors (Lipinski definition) is 0. The molecule has 0 bridgehead atoms. The van der Waals surface area contributed by atoms with Gasteiger partial charge in [0, 0.05) is 10.7 Å². The molecule has 0 atom stereocenters. The third-order valence-corrected chi connectivity index (χ3v) is 2.12. The third-order valence-electron chi connectivity index (χ3n) is 1.65. The van der Waals surface area contributed by atoms with Gasteiger partial charge in [0.15, 0.2) is 0 Å². The van der Waals surface area contributed by atoms with E-state index in [1.165, 1.54) is 0 Å². The summed E-state index contributed by atoms with van der Waals surface area (Å²) < 4.78 is 6.23. The second-order valence-corrected chi connectivity index (χ2v) is 5.10. The van der Waals surface area contributed by atoms with Gasteiger partial charge in [-0.1, -0.05) is 0 Å². The molecule has 0 amide bonds. The van der Waals surface area contributed by atoms with E-state index in [0.29, 0.717) is 5.69 Å². The molecule has 3 nitrogen and oxygen atoms in total. The molecule has 0 unspecified atom stereocenters. The van der Waals surface area contributed by atoms with Crippen molar-refractivity contribution in [3.63, 3.8) is 0 Å². The van der Waals surface area contributed by atoms with Crippen LogP contribution < -0.4 is 0 Å². The van der Waals surface area contributed by atoms with Gasteiger partial charge in [0.2, 0.25) is 5.78 Å². The number of ether oxygens (including phenoxy) is 1. The van der Waals surface area contributed by atoms with Gasteiger partial charge in [-0.15, -0.1) is 0 Å². The van der Waals surface area contributed by atoms with Crippen LogP contribution in [-0.2, 0) is 4.74 Å². The summed E-state index contributed by atoms with van der Waals surface area (Å²) in [7, 11) is 0. The van der Waals surface area contributed by atoms with E-state index in [2.05, 4.69) is 20.9 Å². The molecule has 15 heavy (non-hydrogen) atoms. The van der Waals surface area contributed by atoms with Crippen LogP contribution in [0.2, 0.25) is 0 Å². The van der Waals surface area contributed by atoms with Gasteiger partial charge in [0.25, 0.3) is 0 Å². The second kappa shape index (κ2) is 4.86. The molecule has 82 valence electrons. The zero-order chi connectivity index (χ0) is 11.5. The van der Waals surface area contributed by atoms with E-state index in [0.717, 1.165) is 4.47 Å². The van der Waals surface area contributed by atoms with Gasteiger partial charge in [0.05, 0.1) is 5.60 Å². The summed E-state index contributed by atoms with van der Waals surface area (Å²) >= 11 is 3.26. The summed E-state index contributed by atoms with van der Waals surface area (Å²) in [6, 6.07) is 3.47. The molecule has 0 N–H and O–H groups in total. The summed E-state index contributed by atoms with van der Waals surface area (Å²) in [6.07, 6.45) is 1.60. The van der Waals surface area contributed by atoms with Crippen LogP contribution in [0.4, 0.5) is 0 Å². The highest BCUT2D eigenvalue weighted by Crippen LogP contribution is 2.10. The van der Waals surface area contributed by atoms with Crippen molar-refractivity contribution in [2.75, 3.05) is 6.61 Å². The van der Waals surface area contributed by atoms with Crippen molar-refractivity contribution >= 4 is 21.7 Å². The van der Waals surface area contributed by atoms with Crippen LogP contribution in [0.25, 0.3) is 0 Å². The predicted molar refractivity (Wildman–Crippen MR) is 62.0 cm³/mol. The summed E-state index contributed by atoms with van der Waals surface area (Å²) in [5.74, 6) is -0.0996. The molecule has 0 aliphatic rings. The minimum atomic E-state index is -0.301. The molecule has 0 radical (unpaired) electrons. The Bertz CT molecular complexity index is 341.